The molecule has 1 amide bonds. The number of carbonyl (C=O) groups excluding carboxylic acids is 2. The highest BCUT2D eigenvalue weighted by atomic mass is 32.2. The zero-order chi connectivity index (χ0) is 21.4. The summed E-state index contributed by atoms with van der Waals surface area (Å²) in [7, 11) is -3.56. The maximum Gasteiger partial charge on any atom is 0.341 e. The molecule has 0 aromatic heterocycles. The van der Waals surface area contributed by atoms with Crippen LogP contribution >= 0.6 is 0 Å². The van der Waals surface area contributed by atoms with Gasteiger partial charge in [0, 0.05) is 12.5 Å². The van der Waals surface area contributed by atoms with Crippen molar-refractivity contribution in [2.24, 2.45) is 0 Å². The molecule has 2 rings (SSSR count). The van der Waals surface area contributed by atoms with Crippen molar-refractivity contribution >= 4 is 27.6 Å². The quantitative estimate of drug-likeness (QED) is 0.610. The van der Waals surface area contributed by atoms with Gasteiger partial charge >= 0.3 is 5.97 Å². The van der Waals surface area contributed by atoms with Crippen LogP contribution in [0.15, 0.2) is 54.6 Å². The normalized spacial score (nSPS) is 13.2. The van der Waals surface area contributed by atoms with E-state index in [9.17, 15) is 18.0 Å². The highest BCUT2D eigenvalue weighted by Crippen LogP contribution is 2.19. The Morgan fingerprint density at radius 2 is 1.66 bits per heavy atom. The molecule has 2 atom stereocenters. The average Bonchev–Trinajstić information content (AvgIpc) is 2.68. The van der Waals surface area contributed by atoms with Crippen molar-refractivity contribution in [3.63, 3.8) is 0 Å². The van der Waals surface area contributed by atoms with E-state index in [4.69, 9.17) is 4.74 Å². The number of rotatable bonds is 9. The first-order valence-corrected chi connectivity index (χ1v) is 11.2. The van der Waals surface area contributed by atoms with Gasteiger partial charge in [0.1, 0.15) is 0 Å². The fourth-order valence-corrected chi connectivity index (χ4v) is 3.40. The molecule has 156 valence electrons. The second-order valence-electron chi connectivity index (χ2n) is 6.73. The number of carbonyl (C=O) groups is 2. The Balaban J connectivity index is 1.98. The minimum absolute atomic E-state index is 0.0355. The predicted octanol–water partition coefficient (Wildman–Crippen LogP) is 2.91. The molecule has 2 aromatic carbocycles. The third kappa shape index (κ3) is 6.90. The minimum atomic E-state index is -3.56. The van der Waals surface area contributed by atoms with Gasteiger partial charge in [-0.2, -0.15) is 0 Å². The first-order valence-electron chi connectivity index (χ1n) is 9.31. The fourth-order valence-electron chi connectivity index (χ4n) is 2.82. The van der Waals surface area contributed by atoms with Gasteiger partial charge in [-0.05, 0) is 31.0 Å². The van der Waals surface area contributed by atoms with Crippen LogP contribution in [-0.2, 0) is 19.6 Å². The van der Waals surface area contributed by atoms with Gasteiger partial charge in [0.25, 0.3) is 5.91 Å². The zero-order valence-corrected chi connectivity index (χ0v) is 17.5. The summed E-state index contributed by atoms with van der Waals surface area (Å²) < 4.78 is 30.5. The van der Waals surface area contributed by atoms with Gasteiger partial charge in [0.2, 0.25) is 10.0 Å². The summed E-state index contributed by atoms with van der Waals surface area (Å²) in [5.74, 6) is -1.04. The Kier molecular flexibility index (Phi) is 7.78. The van der Waals surface area contributed by atoms with Crippen LogP contribution < -0.4 is 10.0 Å². The van der Waals surface area contributed by atoms with Crippen molar-refractivity contribution in [2.75, 3.05) is 17.5 Å². The molecule has 0 heterocycles. The third-order valence-electron chi connectivity index (χ3n) is 4.38. The lowest BCUT2D eigenvalue weighted by Gasteiger charge is -2.19. The van der Waals surface area contributed by atoms with E-state index in [1.54, 1.807) is 12.1 Å². The van der Waals surface area contributed by atoms with E-state index in [0.717, 1.165) is 18.2 Å². The van der Waals surface area contributed by atoms with E-state index >= 15 is 0 Å². The summed E-state index contributed by atoms with van der Waals surface area (Å²) in [5, 5.41) is 2.81. The molecule has 0 aliphatic rings. The number of anilines is 1. The first kappa shape index (κ1) is 22.4. The maximum atomic E-state index is 12.4. The van der Waals surface area contributed by atoms with Crippen LogP contribution in [-0.4, -0.2) is 39.2 Å². The van der Waals surface area contributed by atoms with Crippen molar-refractivity contribution < 1.29 is 22.7 Å². The van der Waals surface area contributed by atoms with Crippen molar-refractivity contribution in [1.82, 2.24) is 5.32 Å². The molecular formula is C21H26N2O5S. The molecule has 29 heavy (non-hydrogen) atoms. The SMILES string of the molecule is CC[C@H](CNC(=O)[C@@H](C)OC(=O)c1ccccc1NS(C)(=O)=O)c1ccccc1. The van der Waals surface area contributed by atoms with Crippen molar-refractivity contribution in [3.05, 3.63) is 65.7 Å². The molecule has 0 aliphatic carbocycles. The Hall–Kier alpha value is -2.87. The summed E-state index contributed by atoms with van der Waals surface area (Å²) in [5.41, 5.74) is 1.26. The van der Waals surface area contributed by atoms with E-state index < -0.39 is 28.0 Å². The van der Waals surface area contributed by atoms with Crippen molar-refractivity contribution in [3.8, 4) is 0 Å². The molecule has 0 radical (unpaired) electrons. The molecular weight excluding hydrogens is 392 g/mol. The molecule has 2 aromatic rings. The largest absolute Gasteiger partial charge is 0.449 e. The average molecular weight is 419 g/mol. The highest BCUT2D eigenvalue weighted by Gasteiger charge is 2.22. The fraction of sp³-hybridized carbons (Fsp3) is 0.333. The second kappa shape index (κ2) is 10.1. The summed E-state index contributed by atoms with van der Waals surface area (Å²) in [6.45, 7) is 3.94. The van der Waals surface area contributed by atoms with Crippen LogP contribution in [0, 0.1) is 0 Å². The summed E-state index contributed by atoms with van der Waals surface area (Å²) in [6.07, 6.45) is 0.812. The van der Waals surface area contributed by atoms with Crippen LogP contribution in [0.5, 0.6) is 0 Å². The molecule has 0 saturated carbocycles. The predicted molar refractivity (Wildman–Crippen MR) is 112 cm³/mol. The number of ether oxygens (including phenoxy) is 1. The van der Waals surface area contributed by atoms with Gasteiger partial charge in [-0.15, -0.1) is 0 Å². The van der Waals surface area contributed by atoms with Gasteiger partial charge in [-0.1, -0.05) is 49.4 Å². The zero-order valence-electron chi connectivity index (χ0n) is 16.7. The smallest absolute Gasteiger partial charge is 0.341 e. The van der Waals surface area contributed by atoms with Crippen molar-refractivity contribution in [1.29, 1.82) is 0 Å². The molecule has 2 N–H and O–H groups in total. The van der Waals surface area contributed by atoms with Gasteiger partial charge in [0.15, 0.2) is 6.10 Å². The van der Waals surface area contributed by atoms with Crippen LogP contribution in [0.25, 0.3) is 0 Å². The molecule has 0 bridgehead atoms. The molecule has 7 nitrogen and oxygen atoms in total. The number of amides is 1. The van der Waals surface area contributed by atoms with E-state index in [-0.39, 0.29) is 17.2 Å². The monoisotopic (exact) mass is 418 g/mol. The van der Waals surface area contributed by atoms with E-state index in [1.807, 2.05) is 37.3 Å². The van der Waals surface area contributed by atoms with Gasteiger partial charge in [0.05, 0.1) is 17.5 Å². The standard InChI is InChI=1S/C21H26N2O5S/c1-4-16(17-10-6-5-7-11-17)14-22-20(24)15(2)28-21(25)18-12-8-9-13-19(18)23-29(3,26)27/h5-13,15-16,23H,4,14H2,1-3H3,(H,22,24)/t15-,16-/m1/s1. The van der Waals surface area contributed by atoms with Gasteiger partial charge < -0.3 is 10.1 Å². The lowest BCUT2D eigenvalue weighted by Crippen LogP contribution is -2.38. The first-order chi connectivity index (χ1) is 13.7. The van der Waals surface area contributed by atoms with Crippen molar-refractivity contribution in [2.45, 2.75) is 32.3 Å². The molecule has 0 fully saturated rings. The minimum Gasteiger partial charge on any atom is -0.449 e. The van der Waals surface area contributed by atoms with Crippen LogP contribution in [0.3, 0.4) is 0 Å². The lowest BCUT2D eigenvalue weighted by atomic mass is 9.96. The summed E-state index contributed by atoms with van der Waals surface area (Å²) in [4.78, 5) is 24.8. The Labute approximate surface area is 171 Å². The van der Waals surface area contributed by atoms with Gasteiger partial charge in [-0.3, -0.25) is 9.52 Å². The number of hydrogen-bond acceptors (Lipinski definition) is 5. The number of benzene rings is 2. The topological polar surface area (TPSA) is 102 Å². The number of sulfonamides is 1. The Bertz CT molecular complexity index is 945. The summed E-state index contributed by atoms with van der Waals surface area (Å²) >= 11 is 0. The van der Waals surface area contributed by atoms with E-state index in [0.29, 0.717) is 6.54 Å². The van der Waals surface area contributed by atoms with Crippen LogP contribution in [0.2, 0.25) is 0 Å². The van der Waals surface area contributed by atoms with Gasteiger partial charge in [-0.25, -0.2) is 13.2 Å². The van der Waals surface area contributed by atoms with E-state index in [2.05, 4.69) is 10.0 Å². The van der Waals surface area contributed by atoms with Crippen LogP contribution in [0.1, 0.15) is 42.1 Å². The Morgan fingerprint density at radius 3 is 2.28 bits per heavy atom. The second-order valence-corrected chi connectivity index (χ2v) is 8.48. The summed E-state index contributed by atoms with van der Waals surface area (Å²) in [6, 6.07) is 15.9. The number of nitrogens with one attached hydrogen (secondary N) is 2. The number of hydrogen-bond donors (Lipinski definition) is 2. The lowest BCUT2D eigenvalue weighted by molar-refractivity contribution is -0.129. The third-order valence-corrected chi connectivity index (χ3v) is 4.97. The maximum absolute atomic E-state index is 12.4. The Morgan fingerprint density at radius 1 is 1.03 bits per heavy atom. The molecule has 0 spiro atoms. The molecule has 8 heteroatoms. The molecule has 0 unspecified atom stereocenters. The van der Waals surface area contributed by atoms with E-state index in [1.165, 1.54) is 19.1 Å². The molecule has 0 aliphatic heterocycles. The number of esters is 1. The highest BCUT2D eigenvalue weighted by molar-refractivity contribution is 7.92. The van der Waals surface area contributed by atoms with Crippen LogP contribution in [0.4, 0.5) is 5.69 Å². The molecule has 0 saturated heterocycles. The number of para-hydroxylation sites is 1.